The molecule has 1 aliphatic heterocycles. The lowest BCUT2D eigenvalue weighted by atomic mass is 9.98. The molecule has 1 N–H and O–H groups in total. The molecular formula is C16H20N4O2S. The second-order valence-corrected chi connectivity index (χ2v) is 6.41. The highest BCUT2D eigenvalue weighted by Crippen LogP contribution is 2.24. The minimum atomic E-state index is -0.138. The first kappa shape index (κ1) is 15.7. The summed E-state index contributed by atoms with van der Waals surface area (Å²) in [6.07, 6.45) is 5.69. The Morgan fingerprint density at radius 1 is 1.48 bits per heavy atom. The minimum absolute atomic E-state index is 0.138. The number of nitrogens with zero attached hydrogens (tertiary/aromatic N) is 3. The van der Waals surface area contributed by atoms with Crippen LogP contribution in [-0.2, 0) is 0 Å². The van der Waals surface area contributed by atoms with E-state index < -0.39 is 0 Å². The number of aromatic nitrogens is 2. The number of nitrogens with one attached hydrogen (secondary N) is 1. The Hall–Kier alpha value is -2.15. The van der Waals surface area contributed by atoms with E-state index in [4.69, 9.17) is 4.74 Å². The Kier molecular flexibility index (Phi) is 5.07. The number of hydrogen-bond acceptors (Lipinski definition) is 6. The molecule has 0 spiro atoms. The Morgan fingerprint density at radius 2 is 2.39 bits per heavy atom. The molecule has 0 unspecified atom stereocenters. The highest BCUT2D eigenvalue weighted by Gasteiger charge is 2.22. The van der Waals surface area contributed by atoms with E-state index >= 15 is 0 Å². The van der Waals surface area contributed by atoms with Gasteiger partial charge in [0.15, 0.2) is 5.13 Å². The monoisotopic (exact) mass is 332 g/mol. The van der Waals surface area contributed by atoms with Crippen molar-refractivity contribution in [3.63, 3.8) is 0 Å². The van der Waals surface area contributed by atoms with Crippen molar-refractivity contribution < 1.29 is 9.53 Å². The highest BCUT2D eigenvalue weighted by atomic mass is 32.1. The normalized spacial score (nSPS) is 17.8. The number of carbonyl (C=O) groups excluding carboxylic acids is 1. The summed E-state index contributed by atoms with van der Waals surface area (Å²) in [7, 11) is 1.52. The molecule has 0 radical (unpaired) electrons. The van der Waals surface area contributed by atoms with Gasteiger partial charge in [0.1, 0.15) is 5.56 Å². The molecular weight excluding hydrogens is 312 g/mol. The summed E-state index contributed by atoms with van der Waals surface area (Å²) in [5.41, 5.74) is 0.475. The van der Waals surface area contributed by atoms with Gasteiger partial charge in [0, 0.05) is 37.4 Å². The van der Waals surface area contributed by atoms with Gasteiger partial charge in [-0.05, 0) is 30.9 Å². The Morgan fingerprint density at radius 3 is 3.17 bits per heavy atom. The van der Waals surface area contributed by atoms with E-state index in [-0.39, 0.29) is 5.91 Å². The fourth-order valence-electron chi connectivity index (χ4n) is 2.84. The number of ether oxygens (including phenoxy) is 1. The topological polar surface area (TPSA) is 67.3 Å². The van der Waals surface area contributed by atoms with Crippen LogP contribution in [0.1, 0.15) is 23.2 Å². The fourth-order valence-corrected chi connectivity index (χ4v) is 3.52. The van der Waals surface area contributed by atoms with E-state index in [2.05, 4.69) is 20.2 Å². The third-order valence-electron chi connectivity index (χ3n) is 3.97. The summed E-state index contributed by atoms with van der Waals surface area (Å²) in [5, 5.41) is 6.07. The summed E-state index contributed by atoms with van der Waals surface area (Å²) in [4.78, 5) is 23.1. The first-order chi connectivity index (χ1) is 11.3. The number of anilines is 1. The number of carbonyl (C=O) groups is 1. The Balaban J connectivity index is 1.56. The van der Waals surface area contributed by atoms with Crippen molar-refractivity contribution in [2.75, 3.05) is 31.6 Å². The minimum Gasteiger partial charge on any atom is -0.480 e. The third-order valence-corrected chi connectivity index (χ3v) is 4.80. The van der Waals surface area contributed by atoms with E-state index in [0.29, 0.717) is 23.9 Å². The van der Waals surface area contributed by atoms with Crippen molar-refractivity contribution in [1.82, 2.24) is 15.3 Å². The van der Waals surface area contributed by atoms with E-state index in [9.17, 15) is 4.79 Å². The van der Waals surface area contributed by atoms with E-state index in [1.54, 1.807) is 29.7 Å². The van der Waals surface area contributed by atoms with E-state index in [1.165, 1.54) is 7.11 Å². The van der Waals surface area contributed by atoms with Crippen LogP contribution >= 0.6 is 11.3 Å². The summed E-state index contributed by atoms with van der Waals surface area (Å²) < 4.78 is 5.14. The smallest absolute Gasteiger partial charge is 0.256 e. The molecule has 2 aromatic rings. The zero-order chi connectivity index (χ0) is 16.1. The second-order valence-electron chi connectivity index (χ2n) is 5.54. The van der Waals surface area contributed by atoms with Crippen LogP contribution in [0.25, 0.3) is 0 Å². The van der Waals surface area contributed by atoms with Crippen LogP contribution in [0.15, 0.2) is 29.9 Å². The largest absolute Gasteiger partial charge is 0.480 e. The first-order valence-electron chi connectivity index (χ1n) is 7.69. The summed E-state index contributed by atoms with van der Waals surface area (Å²) in [5.74, 6) is 0.652. The van der Waals surface area contributed by atoms with Gasteiger partial charge in [-0.3, -0.25) is 4.79 Å². The predicted octanol–water partition coefficient (Wildman–Crippen LogP) is 2.19. The lowest BCUT2D eigenvalue weighted by molar-refractivity contribution is 0.0942. The van der Waals surface area contributed by atoms with Crippen LogP contribution in [0.3, 0.4) is 0 Å². The molecule has 2 aromatic heterocycles. The average Bonchev–Trinajstić information content (AvgIpc) is 3.14. The van der Waals surface area contributed by atoms with Gasteiger partial charge in [0.25, 0.3) is 5.91 Å². The maximum atomic E-state index is 12.3. The fraction of sp³-hybridized carbons (Fsp3) is 0.438. The van der Waals surface area contributed by atoms with Crippen molar-refractivity contribution in [1.29, 1.82) is 0 Å². The van der Waals surface area contributed by atoms with Crippen molar-refractivity contribution in [2.24, 2.45) is 5.92 Å². The molecule has 1 atom stereocenters. The summed E-state index contributed by atoms with van der Waals surface area (Å²) in [6, 6.07) is 3.46. The van der Waals surface area contributed by atoms with Crippen molar-refractivity contribution in [2.45, 2.75) is 12.8 Å². The van der Waals surface area contributed by atoms with Crippen molar-refractivity contribution >= 4 is 22.4 Å². The maximum Gasteiger partial charge on any atom is 0.256 e. The molecule has 3 heterocycles. The molecule has 1 saturated heterocycles. The molecule has 7 heteroatoms. The number of thiazole rings is 1. The van der Waals surface area contributed by atoms with Gasteiger partial charge in [0.2, 0.25) is 5.88 Å². The van der Waals surface area contributed by atoms with Crippen LogP contribution in [0.5, 0.6) is 5.88 Å². The lowest BCUT2D eigenvalue weighted by Gasteiger charge is -2.32. The molecule has 3 rings (SSSR count). The van der Waals surface area contributed by atoms with Crippen molar-refractivity contribution in [3.05, 3.63) is 35.5 Å². The summed E-state index contributed by atoms with van der Waals surface area (Å²) >= 11 is 1.66. The van der Waals surface area contributed by atoms with Gasteiger partial charge < -0.3 is 15.0 Å². The molecule has 1 aliphatic rings. The van der Waals surface area contributed by atoms with E-state index in [1.807, 2.05) is 11.6 Å². The van der Waals surface area contributed by atoms with Gasteiger partial charge in [0.05, 0.1) is 7.11 Å². The number of methoxy groups -OCH3 is 1. The predicted molar refractivity (Wildman–Crippen MR) is 90.2 cm³/mol. The number of rotatable bonds is 5. The number of piperidine rings is 1. The maximum absolute atomic E-state index is 12.3. The van der Waals surface area contributed by atoms with Crippen molar-refractivity contribution in [3.8, 4) is 5.88 Å². The molecule has 122 valence electrons. The molecule has 1 amide bonds. The van der Waals surface area contributed by atoms with Crippen LogP contribution in [0.2, 0.25) is 0 Å². The second kappa shape index (κ2) is 7.41. The zero-order valence-corrected chi connectivity index (χ0v) is 13.9. The number of amides is 1. The SMILES string of the molecule is COc1ncccc1C(=O)NC[C@H]1CCCN(c2nccs2)C1. The van der Waals surface area contributed by atoms with Gasteiger partial charge in [-0.25, -0.2) is 9.97 Å². The quantitative estimate of drug-likeness (QED) is 0.909. The lowest BCUT2D eigenvalue weighted by Crippen LogP contribution is -2.41. The Bertz CT molecular complexity index is 647. The van der Waals surface area contributed by atoms with Crippen LogP contribution in [-0.4, -0.2) is 42.6 Å². The number of hydrogen-bond donors (Lipinski definition) is 1. The van der Waals surface area contributed by atoms with Crippen LogP contribution < -0.4 is 15.0 Å². The molecule has 0 bridgehead atoms. The molecule has 0 saturated carbocycles. The van der Waals surface area contributed by atoms with Gasteiger partial charge in [-0.1, -0.05) is 0 Å². The Labute approximate surface area is 139 Å². The molecule has 0 aromatic carbocycles. The highest BCUT2D eigenvalue weighted by molar-refractivity contribution is 7.13. The molecule has 6 nitrogen and oxygen atoms in total. The zero-order valence-electron chi connectivity index (χ0n) is 13.1. The van der Waals surface area contributed by atoms with Gasteiger partial charge >= 0.3 is 0 Å². The molecule has 0 aliphatic carbocycles. The van der Waals surface area contributed by atoms with Gasteiger partial charge in [-0.2, -0.15) is 0 Å². The molecule has 23 heavy (non-hydrogen) atoms. The third kappa shape index (κ3) is 3.79. The average molecular weight is 332 g/mol. The summed E-state index contributed by atoms with van der Waals surface area (Å²) in [6.45, 7) is 2.62. The number of pyridine rings is 1. The first-order valence-corrected chi connectivity index (χ1v) is 8.57. The van der Waals surface area contributed by atoms with Crippen LogP contribution in [0, 0.1) is 5.92 Å². The standard InChI is InChI=1S/C16H20N4O2S/c1-22-15-13(5-2-6-17-15)14(21)19-10-12-4-3-8-20(11-12)16-18-7-9-23-16/h2,5-7,9,12H,3-4,8,10-11H2,1H3,(H,19,21)/t12-/m1/s1. The van der Waals surface area contributed by atoms with Gasteiger partial charge in [-0.15, -0.1) is 11.3 Å². The van der Waals surface area contributed by atoms with Crippen LogP contribution in [0.4, 0.5) is 5.13 Å². The molecule has 1 fully saturated rings. The van der Waals surface area contributed by atoms with E-state index in [0.717, 1.165) is 31.1 Å².